The number of amides is 1. The summed E-state index contributed by atoms with van der Waals surface area (Å²) in [6.07, 6.45) is 13.6. The topological polar surface area (TPSA) is 147 Å². The molecule has 0 unspecified atom stereocenters. The van der Waals surface area contributed by atoms with Crippen molar-refractivity contribution in [3.8, 4) is 0 Å². The molecule has 1 amide bonds. The number of nitrogens with zero attached hydrogens (tertiary/aromatic N) is 2. The Labute approximate surface area is 301 Å². The van der Waals surface area contributed by atoms with Crippen LogP contribution < -0.4 is 10.2 Å². The van der Waals surface area contributed by atoms with Crippen LogP contribution in [0.3, 0.4) is 0 Å². The molecule has 49 heavy (non-hydrogen) atoms. The molecule has 0 fully saturated rings. The normalized spacial score (nSPS) is 18.1. The van der Waals surface area contributed by atoms with Gasteiger partial charge in [-0.3, -0.25) is 9.35 Å². The lowest BCUT2D eigenvalue weighted by molar-refractivity contribution is -0.401. The first-order valence-corrected chi connectivity index (χ1v) is 19.9. The van der Waals surface area contributed by atoms with E-state index < -0.39 is 35.4 Å². The highest BCUT2D eigenvalue weighted by Crippen LogP contribution is 2.51. The van der Waals surface area contributed by atoms with Crippen molar-refractivity contribution in [1.82, 2.24) is 0 Å². The third-order valence-electron chi connectivity index (χ3n) is 9.17. The summed E-state index contributed by atoms with van der Waals surface area (Å²) in [7, 11) is -7.83. The van der Waals surface area contributed by atoms with Gasteiger partial charge in [-0.25, -0.2) is 8.42 Å². The van der Waals surface area contributed by atoms with Gasteiger partial charge in [0.25, 0.3) is 10.1 Å². The summed E-state index contributed by atoms with van der Waals surface area (Å²) in [5.41, 5.74) is 5.39. The minimum atomic E-state index is -5.06. The number of allylic oxidation sites excluding steroid dienone is 8. The molecule has 3 aromatic carbocycles. The van der Waals surface area contributed by atoms with Gasteiger partial charge >= 0.3 is 0 Å². The van der Waals surface area contributed by atoms with Crippen LogP contribution in [0.4, 0.5) is 17.1 Å². The van der Waals surface area contributed by atoms with Crippen molar-refractivity contribution >= 4 is 82.3 Å². The number of anilines is 2. The number of hydrogen-bond acceptors (Lipinski definition) is 7. The molecule has 0 saturated carbocycles. The molecule has 2 heterocycles. The van der Waals surface area contributed by atoms with Crippen LogP contribution in [0.5, 0.6) is 0 Å². The van der Waals surface area contributed by atoms with Gasteiger partial charge in [-0.2, -0.15) is 13.0 Å². The summed E-state index contributed by atoms with van der Waals surface area (Å²) in [4.78, 5) is 12.6. The largest absolute Gasteiger partial charge is 0.744 e. The fourth-order valence-corrected chi connectivity index (χ4v) is 8.45. The van der Waals surface area contributed by atoms with E-state index >= 15 is 0 Å². The van der Waals surface area contributed by atoms with E-state index in [2.05, 4.69) is 34.7 Å². The monoisotopic (exact) mass is 815 g/mol. The molecule has 2 aliphatic rings. The number of carbonyl (C=O) groups is 1. The van der Waals surface area contributed by atoms with Crippen molar-refractivity contribution in [2.75, 3.05) is 28.2 Å². The summed E-state index contributed by atoms with van der Waals surface area (Å²) in [6.45, 7) is 10.7. The molecular weight excluding hydrogens is 777 g/mol. The molecule has 0 atom stereocenters. The molecule has 5 rings (SSSR count). The molecule has 3 aromatic rings. The van der Waals surface area contributed by atoms with Crippen LogP contribution in [0.1, 0.15) is 45.7 Å². The van der Waals surface area contributed by atoms with Crippen LogP contribution in [0.15, 0.2) is 100 Å². The third-order valence-corrected chi connectivity index (χ3v) is 11.6. The molecule has 0 radical (unpaired) electrons. The second-order valence-corrected chi connectivity index (χ2v) is 16.5. The number of rotatable bonds is 9. The van der Waals surface area contributed by atoms with Crippen LogP contribution in [0.25, 0.3) is 10.8 Å². The molecule has 2 N–H and O–H groups in total. The van der Waals surface area contributed by atoms with Gasteiger partial charge in [-0.05, 0) is 73.5 Å². The zero-order chi connectivity index (χ0) is 36.1. The molecule has 13 heteroatoms. The zero-order valence-corrected chi connectivity index (χ0v) is 31.8. The first-order valence-electron chi connectivity index (χ1n) is 15.5. The number of halogens is 1. The summed E-state index contributed by atoms with van der Waals surface area (Å²) in [5.74, 6) is -0.0409. The van der Waals surface area contributed by atoms with E-state index in [9.17, 15) is 30.7 Å². The highest BCUT2D eigenvalue weighted by molar-refractivity contribution is 14.1. The van der Waals surface area contributed by atoms with E-state index in [1.807, 2.05) is 105 Å². The molecule has 0 bridgehead atoms. The summed E-state index contributed by atoms with van der Waals surface area (Å²) >= 11 is 2.04. The van der Waals surface area contributed by atoms with Gasteiger partial charge < -0.3 is 14.8 Å². The minimum Gasteiger partial charge on any atom is -0.744 e. The fourth-order valence-electron chi connectivity index (χ4n) is 6.93. The highest BCUT2D eigenvalue weighted by Gasteiger charge is 2.43. The molecule has 0 aliphatic carbocycles. The van der Waals surface area contributed by atoms with E-state index in [4.69, 9.17) is 0 Å². The lowest BCUT2D eigenvalue weighted by Crippen LogP contribution is -2.26. The Morgan fingerprint density at radius 1 is 0.959 bits per heavy atom. The van der Waals surface area contributed by atoms with Crippen molar-refractivity contribution < 1.29 is 35.3 Å². The first kappa shape index (κ1) is 36.6. The molecule has 0 spiro atoms. The van der Waals surface area contributed by atoms with E-state index in [0.29, 0.717) is 22.6 Å². The Kier molecular flexibility index (Phi) is 9.91. The highest BCUT2D eigenvalue weighted by atomic mass is 127. The van der Waals surface area contributed by atoms with E-state index in [0.717, 1.165) is 34.0 Å². The van der Waals surface area contributed by atoms with Gasteiger partial charge in [-0.1, -0.05) is 72.9 Å². The van der Waals surface area contributed by atoms with Crippen molar-refractivity contribution in [3.05, 3.63) is 102 Å². The number of alkyl halides is 1. The number of benzene rings is 3. The predicted octanol–water partition coefficient (Wildman–Crippen LogP) is 6.74. The number of likely N-dealkylation sites (N-methyl/N-ethyl adjacent to an activating group) is 1. The minimum absolute atomic E-state index is 0.0409. The second-order valence-electron chi connectivity index (χ2n) is 12.9. The van der Waals surface area contributed by atoms with Gasteiger partial charge in [0.05, 0.1) is 19.6 Å². The predicted molar refractivity (Wildman–Crippen MR) is 201 cm³/mol. The SMILES string of the molecule is CCN1C(=CC=CC=CC=CC2=[N+](C)c3ccc(NC(=O)CI)cc3C2(C)C)C(C)(C)c2c1ccc1c(S(=O)(=O)[O-])cc(S(=O)(=O)O)cc21. The van der Waals surface area contributed by atoms with E-state index in [1.54, 1.807) is 6.07 Å². The van der Waals surface area contributed by atoms with Gasteiger partial charge in [0, 0.05) is 46.7 Å². The van der Waals surface area contributed by atoms with Crippen molar-refractivity contribution in [2.45, 2.75) is 55.2 Å². The molecule has 0 aromatic heterocycles. The van der Waals surface area contributed by atoms with Crippen molar-refractivity contribution in [2.24, 2.45) is 0 Å². The second kappa shape index (κ2) is 13.2. The molecule has 10 nitrogen and oxygen atoms in total. The number of fused-ring (bicyclic) bond motifs is 4. The lowest BCUT2D eigenvalue weighted by Gasteiger charge is -2.26. The van der Waals surface area contributed by atoms with Crippen LogP contribution >= 0.6 is 22.6 Å². The quantitative estimate of drug-likeness (QED) is 0.0795. The van der Waals surface area contributed by atoms with Gasteiger partial charge in [0.1, 0.15) is 17.2 Å². The number of nitrogens with one attached hydrogen (secondary N) is 1. The number of hydrogen-bond donors (Lipinski definition) is 2. The van der Waals surface area contributed by atoms with Crippen LogP contribution in [-0.2, 0) is 35.9 Å². The zero-order valence-electron chi connectivity index (χ0n) is 28.0. The number of carbonyl (C=O) groups excluding carboxylic acids is 1. The Bertz CT molecular complexity index is 2270. The van der Waals surface area contributed by atoms with Gasteiger partial charge in [0.2, 0.25) is 11.6 Å². The Morgan fingerprint density at radius 2 is 1.63 bits per heavy atom. The van der Waals surface area contributed by atoms with Crippen LogP contribution in [0, 0.1) is 0 Å². The standard InChI is InChI=1S/C36H38IN3O7S2/c1-7-40-29-18-16-25-26(20-24(48(42,43)44)21-30(25)49(45,46)47)34(29)36(4,5)32(40)14-12-10-8-9-11-13-31-35(2,3)27-19-23(38-33(41)22-37)15-17-28(27)39(31)6/h8-21H,7,22H2,1-6H3,(H2-,38,41,42,43,44,45,46,47). The maximum Gasteiger partial charge on any atom is 0.294 e. The average molecular weight is 816 g/mol. The van der Waals surface area contributed by atoms with Crippen LogP contribution in [-0.4, -0.2) is 60.2 Å². The fraction of sp³-hybridized carbons (Fsp3) is 0.278. The third kappa shape index (κ3) is 6.78. The maximum atomic E-state index is 12.2. The Balaban J connectivity index is 1.42. The molecular formula is C36H38IN3O7S2. The lowest BCUT2D eigenvalue weighted by atomic mass is 9.81. The average Bonchev–Trinajstić information content (AvgIpc) is 3.36. The van der Waals surface area contributed by atoms with Gasteiger partial charge in [0.15, 0.2) is 5.71 Å². The maximum absolute atomic E-state index is 12.2. The summed E-state index contributed by atoms with van der Waals surface area (Å²) in [5, 5.41) is 3.30. The summed E-state index contributed by atoms with van der Waals surface area (Å²) < 4.78 is 72.9. The Morgan fingerprint density at radius 3 is 2.27 bits per heavy atom. The van der Waals surface area contributed by atoms with Crippen molar-refractivity contribution in [1.29, 1.82) is 0 Å². The smallest absolute Gasteiger partial charge is 0.294 e. The molecule has 0 saturated heterocycles. The van der Waals surface area contributed by atoms with Gasteiger partial charge in [-0.15, -0.1) is 0 Å². The van der Waals surface area contributed by atoms with Crippen LogP contribution in [0.2, 0.25) is 0 Å². The molecule has 2 aliphatic heterocycles. The van der Waals surface area contributed by atoms with E-state index in [1.165, 1.54) is 12.1 Å². The van der Waals surface area contributed by atoms with Crippen molar-refractivity contribution in [3.63, 3.8) is 0 Å². The summed E-state index contributed by atoms with van der Waals surface area (Å²) in [6, 6.07) is 11.1. The van der Waals surface area contributed by atoms with E-state index in [-0.39, 0.29) is 22.1 Å². The molecule has 258 valence electrons. The Hall–Kier alpha value is -3.63. The first-order chi connectivity index (χ1) is 22.8.